The number of carbonyl (C=O) groups is 2. The van der Waals surface area contributed by atoms with Crippen LogP contribution >= 0.6 is 0 Å². The van der Waals surface area contributed by atoms with Gasteiger partial charge in [-0.1, -0.05) is 6.07 Å². The molecular weight excluding hydrogens is 562 g/mol. The number of pyridine rings is 1. The van der Waals surface area contributed by atoms with E-state index in [0.717, 1.165) is 18.6 Å². The lowest BCUT2D eigenvalue weighted by molar-refractivity contribution is -0.0589. The molecule has 0 aliphatic carbocycles. The van der Waals surface area contributed by atoms with Gasteiger partial charge in [0.15, 0.2) is 0 Å². The van der Waals surface area contributed by atoms with Crippen molar-refractivity contribution >= 4 is 22.9 Å². The predicted octanol–water partition coefficient (Wildman–Crippen LogP) is 3.87. The van der Waals surface area contributed by atoms with Gasteiger partial charge in [-0.15, -0.1) is 0 Å². The predicted molar refractivity (Wildman–Crippen MR) is 150 cm³/mol. The number of fused-ring (bicyclic) bond motifs is 1. The standard InChI is InChI=1S/C30H26F2N6O5/c1-37-26(29(33)39)12-18(36-37)15-43-28-4-2-3-23(35-28)20-13-21(31)17(9-22(20)32)11-27-34-24-6-5-16(30(40)41)10-25(24)38(27)14-19-7-8-42-19/h2-6,9-10,12-13,19H,7-8,11,14-15H2,1H3,(H2,33,39)(H,40,41). The highest BCUT2D eigenvalue weighted by Gasteiger charge is 2.24. The van der Waals surface area contributed by atoms with Crippen molar-refractivity contribution in [2.24, 2.45) is 12.8 Å². The zero-order valence-electron chi connectivity index (χ0n) is 23.0. The molecule has 0 bridgehead atoms. The molecule has 1 aliphatic rings. The van der Waals surface area contributed by atoms with Gasteiger partial charge in [-0.3, -0.25) is 9.48 Å². The van der Waals surface area contributed by atoms with Gasteiger partial charge in [0.1, 0.15) is 35.5 Å². The second-order valence-electron chi connectivity index (χ2n) is 10.2. The molecule has 13 heteroatoms. The molecular formula is C30H26F2N6O5. The maximum Gasteiger partial charge on any atom is 0.335 e. The number of halogens is 2. The first-order valence-electron chi connectivity index (χ1n) is 13.4. The Kier molecular flexibility index (Phi) is 7.32. The largest absolute Gasteiger partial charge is 0.478 e. The van der Waals surface area contributed by atoms with E-state index in [0.29, 0.717) is 35.7 Å². The number of benzene rings is 2. The SMILES string of the molecule is Cn1nc(COc2cccc(-c3cc(F)c(Cc4nc5ccc(C(=O)O)cc5n4CC4CCO4)cc3F)n2)cc1C(N)=O. The molecule has 0 radical (unpaired) electrons. The molecule has 0 spiro atoms. The van der Waals surface area contributed by atoms with Gasteiger partial charge in [0.05, 0.1) is 34.9 Å². The van der Waals surface area contributed by atoms with Crippen LogP contribution in [0.2, 0.25) is 0 Å². The Labute approximate surface area is 243 Å². The summed E-state index contributed by atoms with van der Waals surface area (Å²) in [7, 11) is 1.58. The molecule has 3 N–H and O–H groups in total. The highest BCUT2D eigenvalue weighted by molar-refractivity contribution is 5.92. The fraction of sp³-hybridized carbons (Fsp3) is 0.233. The Morgan fingerprint density at radius 2 is 1.93 bits per heavy atom. The summed E-state index contributed by atoms with van der Waals surface area (Å²) in [6, 6.07) is 13.0. The van der Waals surface area contributed by atoms with Gasteiger partial charge >= 0.3 is 5.97 Å². The van der Waals surface area contributed by atoms with E-state index in [1.165, 1.54) is 28.9 Å². The summed E-state index contributed by atoms with van der Waals surface area (Å²) in [5.41, 5.74) is 7.41. The summed E-state index contributed by atoms with van der Waals surface area (Å²) in [4.78, 5) is 31.9. The highest BCUT2D eigenvalue weighted by atomic mass is 19.1. The lowest BCUT2D eigenvalue weighted by Gasteiger charge is -2.27. The minimum Gasteiger partial charge on any atom is -0.478 e. The number of imidazole rings is 1. The van der Waals surface area contributed by atoms with Crippen LogP contribution < -0.4 is 10.5 Å². The van der Waals surface area contributed by atoms with Crippen molar-refractivity contribution in [2.45, 2.75) is 32.1 Å². The number of nitrogens with two attached hydrogens (primary N) is 1. The van der Waals surface area contributed by atoms with E-state index in [-0.39, 0.29) is 53.1 Å². The van der Waals surface area contributed by atoms with Crippen LogP contribution in [-0.4, -0.2) is 54.0 Å². The molecule has 1 amide bonds. The Morgan fingerprint density at radius 3 is 2.63 bits per heavy atom. The third kappa shape index (κ3) is 5.66. The van der Waals surface area contributed by atoms with Gasteiger partial charge < -0.3 is 24.9 Å². The molecule has 0 saturated carbocycles. The normalized spacial score (nSPS) is 14.5. The number of hydrogen-bond donors (Lipinski definition) is 2. The van der Waals surface area contributed by atoms with Crippen LogP contribution in [0.25, 0.3) is 22.3 Å². The van der Waals surface area contributed by atoms with E-state index in [2.05, 4.69) is 15.1 Å². The topological polar surface area (TPSA) is 147 Å². The first-order valence-corrected chi connectivity index (χ1v) is 13.4. The quantitative estimate of drug-likeness (QED) is 0.250. The summed E-state index contributed by atoms with van der Waals surface area (Å²) >= 11 is 0. The number of hydrogen-bond acceptors (Lipinski definition) is 7. The first kappa shape index (κ1) is 28.0. The van der Waals surface area contributed by atoms with Crippen molar-refractivity contribution in [2.75, 3.05) is 6.61 Å². The molecule has 11 nitrogen and oxygen atoms in total. The zero-order chi connectivity index (χ0) is 30.2. The highest BCUT2D eigenvalue weighted by Crippen LogP contribution is 2.29. The molecule has 1 atom stereocenters. The lowest BCUT2D eigenvalue weighted by Crippen LogP contribution is -2.31. The average molecular weight is 589 g/mol. The number of carbonyl (C=O) groups excluding carboxylic acids is 1. The Morgan fingerprint density at radius 1 is 1.12 bits per heavy atom. The number of ether oxygens (including phenoxy) is 2. The second-order valence-corrected chi connectivity index (χ2v) is 10.2. The van der Waals surface area contributed by atoms with Gasteiger partial charge in [-0.25, -0.2) is 23.5 Å². The zero-order valence-corrected chi connectivity index (χ0v) is 23.0. The molecule has 1 saturated heterocycles. The fourth-order valence-corrected chi connectivity index (χ4v) is 4.99. The number of carboxylic acids is 1. The number of amides is 1. The summed E-state index contributed by atoms with van der Waals surface area (Å²) in [6.07, 6.45) is 0.736. The number of primary amides is 1. The van der Waals surface area contributed by atoms with Crippen LogP contribution in [0.1, 0.15) is 44.3 Å². The monoisotopic (exact) mass is 588 g/mol. The molecule has 3 aromatic heterocycles. The van der Waals surface area contributed by atoms with E-state index >= 15 is 8.78 Å². The van der Waals surface area contributed by atoms with Gasteiger partial charge in [-0.2, -0.15) is 5.10 Å². The van der Waals surface area contributed by atoms with Crippen LogP contribution in [0.4, 0.5) is 8.78 Å². The van der Waals surface area contributed by atoms with Crippen molar-refractivity contribution in [3.8, 4) is 17.1 Å². The molecule has 43 heavy (non-hydrogen) atoms. The Balaban J connectivity index is 1.26. The third-order valence-electron chi connectivity index (χ3n) is 7.29. The number of carboxylic acid groups (broad SMARTS) is 1. The van der Waals surface area contributed by atoms with E-state index in [1.54, 1.807) is 25.2 Å². The maximum atomic E-state index is 15.5. The summed E-state index contributed by atoms with van der Waals surface area (Å²) in [5, 5.41) is 13.6. The van der Waals surface area contributed by atoms with Gasteiger partial charge in [0, 0.05) is 31.7 Å². The van der Waals surface area contributed by atoms with Crippen LogP contribution in [0.15, 0.2) is 54.6 Å². The Hall–Kier alpha value is -5.17. The second kappa shape index (κ2) is 11.2. The van der Waals surface area contributed by atoms with Crippen molar-refractivity contribution in [3.05, 3.63) is 94.6 Å². The van der Waals surface area contributed by atoms with Crippen molar-refractivity contribution in [1.29, 1.82) is 0 Å². The molecule has 5 aromatic rings. The number of aromatic nitrogens is 5. The van der Waals surface area contributed by atoms with Crippen LogP contribution in [-0.2, 0) is 31.4 Å². The Bertz CT molecular complexity index is 1880. The third-order valence-corrected chi connectivity index (χ3v) is 7.29. The van der Waals surface area contributed by atoms with Crippen LogP contribution in [0, 0.1) is 11.6 Å². The van der Waals surface area contributed by atoms with Crippen molar-refractivity contribution in [3.63, 3.8) is 0 Å². The maximum absolute atomic E-state index is 15.5. The van der Waals surface area contributed by atoms with E-state index in [1.807, 2.05) is 4.57 Å². The van der Waals surface area contributed by atoms with Crippen LogP contribution in [0.3, 0.4) is 0 Å². The molecule has 6 rings (SSSR count). The first-order chi connectivity index (χ1) is 20.7. The smallest absolute Gasteiger partial charge is 0.335 e. The number of rotatable bonds is 10. The molecule has 220 valence electrons. The molecule has 2 aromatic carbocycles. The van der Waals surface area contributed by atoms with Gasteiger partial charge in [0.2, 0.25) is 5.88 Å². The van der Waals surface area contributed by atoms with Crippen molar-refractivity contribution < 1.29 is 33.0 Å². The van der Waals surface area contributed by atoms with Gasteiger partial charge in [-0.05, 0) is 54.4 Å². The van der Waals surface area contributed by atoms with Crippen LogP contribution in [0.5, 0.6) is 5.88 Å². The molecule has 1 fully saturated rings. The lowest BCUT2D eigenvalue weighted by atomic mass is 10.0. The number of aromatic carboxylic acids is 1. The average Bonchev–Trinajstić information content (AvgIpc) is 3.50. The van der Waals surface area contributed by atoms with Crippen molar-refractivity contribution in [1.82, 2.24) is 24.3 Å². The number of nitrogens with zero attached hydrogens (tertiary/aromatic N) is 5. The van der Waals surface area contributed by atoms with E-state index in [9.17, 15) is 14.7 Å². The van der Waals surface area contributed by atoms with Gasteiger partial charge in [0.25, 0.3) is 5.91 Å². The van der Waals surface area contributed by atoms with E-state index < -0.39 is 23.5 Å². The number of aryl methyl sites for hydroxylation is 1. The minimum absolute atomic E-state index is 0.0196. The summed E-state index contributed by atoms with van der Waals surface area (Å²) < 4.78 is 45.3. The molecule has 1 aliphatic heterocycles. The summed E-state index contributed by atoms with van der Waals surface area (Å²) in [5.74, 6) is -2.42. The summed E-state index contributed by atoms with van der Waals surface area (Å²) in [6.45, 7) is 1.03. The van der Waals surface area contributed by atoms with E-state index in [4.69, 9.17) is 15.2 Å². The fourth-order valence-electron chi connectivity index (χ4n) is 4.99. The molecule has 1 unspecified atom stereocenters. The molecule has 4 heterocycles. The minimum atomic E-state index is -1.07.